The molecule has 3 nitrogen and oxygen atoms in total. The lowest BCUT2D eigenvalue weighted by Crippen LogP contribution is -2.35. The summed E-state index contributed by atoms with van der Waals surface area (Å²) in [7, 11) is 0. The van der Waals surface area contributed by atoms with Gasteiger partial charge in [0.1, 0.15) is 5.78 Å². The Bertz CT molecular complexity index is 137. The third-order valence-electron chi connectivity index (χ3n) is 2.12. The molecule has 0 aliphatic heterocycles. The second-order valence-corrected chi connectivity index (χ2v) is 3.75. The van der Waals surface area contributed by atoms with Crippen LogP contribution in [0.15, 0.2) is 0 Å². The number of unbranched alkanes of at least 4 members (excludes halogenated alkanes) is 5. The maximum absolute atomic E-state index is 10.5. The number of hydrogen-bond acceptors (Lipinski definition) is 3. The van der Waals surface area contributed by atoms with Crippen LogP contribution in [0, 0.1) is 0 Å². The maximum Gasteiger partial charge on any atom is 0.144 e. The molecule has 0 aliphatic rings. The van der Waals surface area contributed by atoms with E-state index in [0.717, 1.165) is 6.54 Å². The minimum atomic E-state index is 0.167. The Kier molecular flexibility index (Phi) is 10.4. The van der Waals surface area contributed by atoms with Crippen molar-refractivity contribution in [2.45, 2.75) is 52.4 Å². The molecule has 0 aromatic heterocycles. The summed E-state index contributed by atoms with van der Waals surface area (Å²) >= 11 is 0. The van der Waals surface area contributed by atoms with Gasteiger partial charge in [0.25, 0.3) is 0 Å². The molecule has 0 unspecified atom stereocenters. The minimum absolute atomic E-state index is 0.167. The van der Waals surface area contributed by atoms with Crippen LogP contribution in [0.25, 0.3) is 0 Å². The van der Waals surface area contributed by atoms with Crippen molar-refractivity contribution in [1.82, 2.24) is 10.9 Å². The minimum Gasteiger partial charge on any atom is -0.299 e. The van der Waals surface area contributed by atoms with Gasteiger partial charge < -0.3 is 0 Å². The number of rotatable bonds is 10. The fourth-order valence-corrected chi connectivity index (χ4v) is 1.27. The van der Waals surface area contributed by atoms with Crippen molar-refractivity contribution >= 4 is 5.78 Å². The molecule has 0 rings (SSSR count). The van der Waals surface area contributed by atoms with E-state index in [1.807, 2.05) is 0 Å². The van der Waals surface area contributed by atoms with Gasteiger partial charge in [0.15, 0.2) is 0 Å². The molecule has 0 atom stereocenters. The molecule has 0 heterocycles. The van der Waals surface area contributed by atoms with E-state index in [1.165, 1.54) is 38.5 Å². The first-order valence-corrected chi connectivity index (χ1v) is 5.72. The Hall–Kier alpha value is -0.410. The first-order chi connectivity index (χ1) is 6.77. The van der Waals surface area contributed by atoms with Gasteiger partial charge in [0.2, 0.25) is 0 Å². The summed E-state index contributed by atoms with van der Waals surface area (Å²) in [5.74, 6) is 0.167. The Morgan fingerprint density at radius 1 is 1.00 bits per heavy atom. The molecule has 0 saturated heterocycles. The number of hydrogen-bond donors (Lipinski definition) is 2. The van der Waals surface area contributed by atoms with Crippen LogP contribution in [0.4, 0.5) is 0 Å². The predicted molar refractivity (Wildman–Crippen MR) is 60.1 cm³/mol. The predicted octanol–water partition coefficient (Wildman–Crippen LogP) is 2.03. The molecule has 0 saturated carbocycles. The Morgan fingerprint density at radius 3 is 2.29 bits per heavy atom. The molecule has 0 fully saturated rings. The molecule has 0 bridgehead atoms. The Labute approximate surface area is 87.6 Å². The van der Waals surface area contributed by atoms with Crippen molar-refractivity contribution in [2.24, 2.45) is 0 Å². The van der Waals surface area contributed by atoms with E-state index in [4.69, 9.17) is 0 Å². The van der Waals surface area contributed by atoms with Gasteiger partial charge in [-0.05, 0) is 13.3 Å². The zero-order chi connectivity index (χ0) is 10.6. The highest BCUT2D eigenvalue weighted by Crippen LogP contribution is 2.03. The molecule has 0 aliphatic carbocycles. The highest BCUT2D eigenvalue weighted by Gasteiger charge is 1.91. The summed E-state index contributed by atoms with van der Waals surface area (Å²) in [6.45, 7) is 5.20. The number of nitrogens with one attached hydrogen (secondary N) is 2. The third kappa shape index (κ3) is 11.6. The standard InChI is InChI=1S/C11H24N2O/c1-3-4-5-6-7-8-9-12-13-10-11(2)14/h12-13H,3-10H2,1-2H3. The largest absolute Gasteiger partial charge is 0.299 e. The van der Waals surface area contributed by atoms with Crippen LogP contribution in [0.2, 0.25) is 0 Å². The first kappa shape index (κ1) is 13.6. The lowest BCUT2D eigenvalue weighted by Gasteiger charge is -2.04. The molecule has 84 valence electrons. The summed E-state index contributed by atoms with van der Waals surface area (Å²) in [6, 6.07) is 0. The van der Waals surface area contributed by atoms with Crippen molar-refractivity contribution in [3.8, 4) is 0 Å². The van der Waals surface area contributed by atoms with E-state index in [-0.39, 0.29) is 5.78 Å². The van der Waals surface area contributed by atoms with Gasteiger partial charge in [0, 0.05) is 6.54 Å². The molecule has 2 N–H and O–H groups in total. The van der Waals surface area contributed by atoms with Crippen LogP contribution in [0.3, 0.4) is 0 Å². The fraction of sp³-hybridized carbons (Fsp3) is 0.909. The van der Waals surface area contributed by atoms with Crippen molar-refractivity contribution in [3.63, 3.8) is 0 Å². The highest BCUT2D eigenvalue weighted by molar-refractivity contribution is 5.77. The lowest BCUT2D eigenvalue weighted by molar-refractivity contribution is -0.116. The van der Waals surface area contributed by atoms with Crippen LogP contribution in [0.1, 0.15) is 52.4 Å². The first-order valence-electron chi connectivity index (χ1n) is 5.72. The summed E-state index contributed by atoms with van der Waals surface area (Å²) in [5.41, 5.74) is 5.92. The number of ketones is 1. The number of carbonyl (C=O) groups is 1. The van der Waals surface area contributed by atoms with Crippen molar-refractivity contribution < 1.29 is 4.79 Å². The van der Waals surface area contributed by atoms with Crippen LogP contribution >= 0.6 is 0 Å². The average molecular weight is 200 g/mol. The van der Waals surface area contributed by atoms with E-state index in [2.05, 4.69) is 17.8 Å². The van der Waals surface area contributed by atoms with Gasteiger partial charge in [-0.25, -0.2) is 0 Å². The van der Waals surface area contributed by atoms with Crippen molar-refractivity contribution in [1.29, 1.82) is 0 Å². The van der Waals surface area contributed by atoms with Gasteiger partial charge in [0.05, 0.1) is 6.54 Å². The van der Waals surface area contributed by atoms with Gasteiger partial charge in [-0.15, -0.1) is 0 Å². The molecule has 0 spiro atoms. The smallest absolute Gasteiger partial charge is 0.144 e. The fourth-order valence-electron chi connectivity index (χ4n) is 1.27. The summed E-state index contributed by atoms with van der Waals surface area (Å²) in [6.07, 6.45) is 7.83. The van der Waals surface area contributed by atoms with Gasteiger partial charge in [-0.1, -0.05) is 39.0 Å². The zero-order valence-corrected chi connectivity index (χ0v) is 9.57. The Morgan fingerprint density at radius 2 is 1.64 bits per heavy atom. The SMILES string of the molecule is CCCCCCCCNNCC(C)=O. The number of hydrazine groups is 1. The van der Waals surface area contributed by atoms with Crippen molar-refractivity contribution in [2.75, 3.05) is 13.1 Å². The van der Waals surface area contributed by atoms with Crippen molar-refractivity contribution in [3.05, 3.63) is 0 Å². The normalized spacial score (nSPS) is 10.4. The lowest BCUT2D eigenvalue weighted by atomic mass is 10.1. The van der Waals surface area contributed by atoms with Crippen LogP contribution in [-0.4, -0.2) is 18.9 Å². The Balaban J connectivity index is 2.88. The number of Topliss-reactive ketones (excluding diaryl/α,β-unsaturated/α-hetero) is 1. The maximum atomic E-state index is 10.5. The summed E-state index contributed by atoms with van der Waals surface area (Å²) in [4.78, 5) is 10.5. The van der Waals surface area contributed by atoms with E-state index in [0.29, 0.717) is 6.54 Å². The van der Waals surface area contributed by atoms with Gasteiger partial charge in [-0.3, -0.25) is 15.6 Å². The molecular weight excluding hydrogens is 176 g/mol. The average Bonchev–Trinajstić information content (AvgIpc) is 2.15. The third-order valence-corrected chi connectivity index (χ3v) is 2.12. The topological polar surface area (TPSA) is 41.1 Å². The zero-order valence-electron chi connectivity index (χ0n) is 9.57. The molecule has 0 aromatic rings. The van der Waals surface area contributed by atoms with E-state index < -0.39 is 0 Å². The molecule has 14 heavy (non-hydrogen) atoms. The molecule has 0 amide bonds. The molecule has 3 heteroatoms. The van der Waals surface area contributed by atoms with Crippen LogP contribution < -0.4 is 10.9 Å². The monoisotopic (exact) mass is 200 g/mol. The number of carbonyl (C=O) groups excluding carboxylic acids is 1. The van der Waals surface area contributed by atoms with E-state index in [1.54, 1.807) is 6.92 Å². The second-order valence-electron chi connectivity index (χ2n) is 3.75. The molecule has 0 radical (unpaired) electrons. The van der Waals surface area contributed by atoms with Crippen LogP contribution in [-0.2, 0) is 4.79 Å². The highest BCUT2D eigenvalue weighted by atomic mass is 16.1. The molecular formula is C11H24N2O. The summed E-state index contributed by atoms with van der Waals surface area (Å²) in [5, 5.41) is 0. The van der Waals surface area contributed by atoms with Gasteiger partial charge in [-0.2, -0.15) is 0 Å². The quantitative estimate of drug-likeness (QED) is 0.419. The van der Waals surface area contributed by atoms with E-state index >= 15 is 0 Å². The second kappa shape index (κ2) is 10.7. The van der Waals surface area contributed by atoms with Crippen LogP contribution in [0.5, 0.6) is 0 Å². The van der Waals surface area contributed by atoms with E-state index in [9.17, 15) is 4.79 Å². The molecule has 0 aromatic carbocycles. The summed E-state index contributed by atoms with van der Waals surface area (Å²) < 4.78 is 0. The van der Waals surface area contributed by atoms with Gasteiger partial charge >= 0.3 is 0 Å².